The van der Waals surface area contributed by atoms with Crippen LogP contribution in [0.3, 0.4) is 0 Å². The van der Waals surface area contributed by atoms with Crippen LogP contribution in [0.25, 0.3) is 0 Å². The normalized spacial score (nSPS) is 10.7. The van der Waals surface area contributed by atoms with Crippen LogP contribution < -0.4 is 5.73 Å². The van der Waals surface area contributed by atoms with Gasteiger partial charge in [-0.15, -0.1) is 0 Å². The number of rotatable bonds is 1. The zero-order chi connectivity index (χ0) is 7.28. The first-order valence-corrected chi connectivity index (χ1v) is 2.60. The Morgan fingerprint density at radius 3 is 2.44 bits per heavy atom. The Hall–Kier alpha value is -1.12. The molecule has 0 aliphatic heterocycles. The van der Waals surface area contributed by atoms with E-state index in [-0.39, 0.29) is 5.96 Å². The molecule has 9 heavy (non-hydrogen) atoms. The molecule has 0 radical (unpaired) electrons. The lowest BCUT2D eigenvalue weighted by Gasteiger charge is -1.85. The fourth-order valence-corrected chi connectivity index (χ4v) is 0.236. The highest BCUT2D eigenvalue weighted by molar-refractivity contribution is 5.82. The molecular weight excluding hydrogens is 114 g/mol. The molecule has 0 unspecified atom stereocenters. The van der Waals surface area contributed by atoms with Gasteiger partial charge in [0.1, 0.15) is 0 Å². The summed E-state index contributed by atoms with van der Waals surface area (Å²) in [6.07, 6.45) is 1.64. The maximum absolute atomic E-state index is 5.20. The van der Waals surface area contributed by atoms with Crippen LogP contribution in [-0.4, -0.2) is 12.7 Å². The van der Waals surface area contributed by atoms with Gasteiger partial charge in [-0.05, 0) is 20.6 Å². The van der Waals surface area contributed by atoms with Crippen molar-refractivity contribution in [3.63, 3.8) is 0 Å². The number of nitrogens with two attached hydrogens (primary N) is 1. The Kier molecular flexibility index (Phi) is 3.35. The highest BCUT2D eigenvalue weighted by Gasteiger charge is 1.77. The largest absolute Gasteiger partial charge is 0.368 e. The molecule has 2 N–H and O–H groups in total. The van der Waals surface area contributed by atoms with E-state index in [0.717, 1.165) is 5.57 Å². The average Bonchev–Trinajstić information content (AvgIpc) is 1.83. The van der Waals surface area contributed by atoms with Crippen LogP contribution in [0.4, 0.5) is 0 Å². The topological polar surface area (TPSA) is 50.7 Å². The van der Waals surface area contributed by atoms with E-state index in [1.807, 2.05) is 13.8 Å². The first kappa shape index (κ1) is 7.88. The standard InChI is InChI=1S/C6H11N3/c1-5(2)4-9-6(7)8-3/h4H,3H2,1-2H3,(H2,7,9). The van der Waals surface area contributed by atoms with Gasteiger partial charge in [-0.1, -0.05) is 5.57 Å². The van der Waals surface area contributed by atoms with Gasteiger partial charge in [-0.2, -0.15) is 0 Å². The number of nitrogens with zero attached hydrogens (tertiary/aromatic N) is 2. The number of allylic oxidation sites excluding steroid dienone is 1. The van der Waals surface area contributed by atoms with E-state index in [4.69, 9.17) is 5.73 Å². The molecule has 0 rings (SSSR count). The summed E-state index contributed by atoms with van der Waals surface area (Å²) in [5.74, 6) is 0.205. The molecule has 0 amide bonds. The van der Waals surface area contributed by atoms with E-state index >= 15 is 0 Å². The van der Waals surface area contributed by atoms with Crippen LogP contribution in [0.15, 0.2) is 21.8 Å². The van der Waals surface area contributed by atoms with E-state index in [1.54, 1.807) is 6.20 Å². The third-order valence-corrected chi connectivity index (χ3v) is 0.617. The van der Waals surface area contributed by atoms with Gasteiger partial charge >= 0.3 is 0 Å². The maximum Gasteiger partial charge on any atom is 0.219 e. The molecule has 0 aliphatic rings. The highest BCUT2D eigenvalue weighted by atomic mass is 15.0. The van der Waals surface area contributed by atoms with Crippen molar-refractivity contribution < 1.29 is 0 Å². The SMILES string of the molecule is C=NC(N)=NC=C(C)C. The predicted molar refractivity (Wildman–Crippen MR) is 40.6 cm³/mol. The zero-order valence-corrected chi connectivity index (χ0v) is 5.76. The van der Waals surface area contributed by atoms with E-state index in [9.17, 15) is 0 Å². The van der Waals surface area contributed by atoms with Crippen molar-refractivity contribution in [2.24, 2.45) is 15.7 Å². The Balaban J connectivity index is 3.98. The molecule has 0 saturated carbocycles. The Labute approximate surface area is 55.0 Å². The second-order valence-corrected chi connectivity index (χ2v) is 1.85. The van der Waals surface area contributed by atoms with Gasteiger partial charge in [-0.25, -0.2) is 9.98 Å². The molecule has 0 fully saturated rings. The fourth-order valence-electron chi connectivity index (χ4n) is 0.236. The summed E-state index contributed by atoms with van der Waals surface area (Å²) in [7, 11) is 0. The minimum atomic E-state index is 0.205. The van der Waals surface area contributed by atoms with Gasteiger partial charge in [0, 0.05) is 6.20 Å². The van der Waals surface area contributed by atoms with E-state index in [1.165, 1.54) is 0 Å². The number of guanidine groups is 1. The molecule has 50 valence electrons. The molecule has 0 spiro atoms. The maximum atomic E-state index is 5.20. The van der Waals surface area contributed by atoms with Gasteiger partial charge in [0.15, 0.2) is 0 Å². The summed E-state index contributed by atoms with van der Waals surface area (Å²) in [5, 5.41) is 0. The fraction of sp³-hybridized carbons (Fsp3) is 0.333. The first-order valence-electron chi connectivity index (χ1n) is 2.60. The lowest BCUT2D eigenvalue weighted by atomic mass is 10.4. The lowest BCUT2D eigenvalue weighted by molar-refractivity contribution is 1.31. The summed E-state index contributed by atoms with van der Waals surface area (Å²) in [4.78, 5) is 7.14. The third-order valence-electron chi connectivity index (χ3n) is 0.617. The Bertz CT molecular complexity index is 152. The highest BCUT2D eigenvalue weighted by Crippen LogP contribution is 1.87. The van der Waals surface area contributed by atoms with E-state index < -0.39 is 0 Å². The molecule has 0 bridgehead atoms. The van der Waals surface area contributed by atoms with Gasteiger partial charge in [0.05, 0.1) is 0 Å². The average molecular weight is 125 g/mol. The monoisotopic (exact) mass is 125 g/mol. The summed E-state index contributed by atoms with van der Waals surface area (Å²) < 4.78 is 0. The smallest absolute Gasteiger partial charge is 0.219 e. The van der Waals surface area contributed by atoms with Crippen LogP contribution >= 0.6 is 0 Å². The van der Waals surface area contributed by atoms with Gasteiger partial charge < -0.3 is 5.73 Å². The first-order chi connectivity index (χ1) is 4.16. The quantitative estimate of drug-likeness (QED) is 0.411. The summed E-state index contributed by atoms with van der Waals surface area (Å²) in [6.45, 7) is 7.06. The van der Waals surface area contributed by atoms with Crippen molar-refractivity contribution in [1.29, 1.82) is 0 Å². The van der Waals surface area contributed by atoms with Gasteiger partial charge in [0.25, 0.3) is 0 Å². The summed E-state index contributed by atoms with van der Waals surface area (Å²) >= 11 is 0. The molecule has 0 saturated heterocycles. The molecule has 0 aromatic carbocycles. The predicted octanol–water partition coefficient (Wildman–Crippen LogP) is 0.925. The van der Waals surface area contributed by atoms with Crippen molar-refractivity contribution in [2.75, 3.05) is 0 Å². The molecule has 0 aromatic rings. The van der Waals surface area contributed by atoms with E-state index in [2.05, 4.69) is 16.7 Å². The third kappa shape index (κ3) is 4.74. The molecule has 0 atom stereocenters. The molecule has 3 nitrogen and oxygen atoms in total. The number of hydrogen-bond donors (Lipinski definition) is 1. The molecule has 3 heteroatoms. The summed E-state index contributed by atoms with van der Waals surface area (Å²) in [6, 6.07) is 0. The van der Waals surface area contributed by atoms with Crippen molar-refractivity contribution in [3.8, 4) is 0 Å². The molecule has 0 aromatic heterocycles. The van der Waals surface area contributed by atoms with Crippen LogP contribution in [0.5, 0.6) is 0 Å². The minimum absolute atomic E-state index is 0.205. The molecule has 0 heterocycles. The van der Waals surface area contributed by atoms with Crippen LogP contribution in [0.2, 0.25) is 0 Å². The lowest BCUT2D eigenvalue weighted by Crippen LogP contribution is -2.05. The van der Waals surface area contributed by atoms with Crippen molar-refractivity contribution in [2.45, 2.75) is 13.8 Å². The number of hydrogen-bond acceptors (Lipinski definition) is 1. The van der Waals surface area contributed by atoms with Crippen LogP contribution in [0, 0.1) is 0 Å². The minimum Gasteiger partial charge on any atom is -0.368 e. The van der Waals surface area contributed by atoms with Crippen LogP contribution in [0.1, 0.15) is 13.8 Å². The van der Waals surface area contributed by atoms with Crippen molar-refractivity contribution >= 4 is 12.7 Å². The molecular formula is C6H11N3. The number of aliphatic imine (C=N–C) groups is 2. The Morgan fingerprint density at radius 2 is 2.11 bits per heavy atom. The van der Waals surface area contributed by atoms with Gasteiger partial charge in [-0.3, -0.25) is 0 Å². The van der Waals surface area contributed by atoms with E-state index in [0.29, 0.717) is 0 Å². The second kappa shape index (κ2) is 3.83. The van der Waals surface area contributed by atoms with Crippen molar-refractivity contribution in [3.05, 3.63) is 11.8 Å². The van der Waals surface area contributed by atoms with Gasteiger partial charge in [0.2, 0.25) is 5.96 Å². The van der Waals surface area contributed by atoms with Crippen molar-refractivity contribution in [1.82, 2.24) is 0 Å². The summed E-state index contributed by atoms with van der Waals surface area (Å²) in [5.41, 5.74) is 6.28. The zero-order valence-electron chi connectivity index (χ0n) is 5.76. The Morgan fingerprint density at radius 1 is 1.56 bits per heavy atom. The van der Waals surface area contributed by atoms with Crippen LogP contribution in [-0.2, 0) is 0 Å². The second-order valence-electron chi connectivity index (χ2n) is 1.85. The molecule has 0 aliphatic carbocycles.